The van der Waals surface area contributed by atoms with Gasteiger partial charge in [0.1, 0.15) is 24.7 Å². The zero-order chi connectivity index (χ0) is 11.5. The summed E-state index contributed by atoms with van der Waals surface area (Å²) in [5, 5.41) is 3.95. The largest absolute Gasteiger partial charge is 0.255 e. The molecule has 3 aromatic heterocycles. The van der Waals surface area contributed by atoms with Gasteiger partial charge in [0, 0.05) is 6.20 Å². The third-order valence-electron chi connectivity index (χ3n) is 2.08. The van der Waals surface area contributed by atoms with Crippen LogP contribution in [0.25, 0.3) is 17.5 Å². The maximum atomic E-state index is 4.26. The fourth-order valence-electron chi connectivity index (χ4n) is 1.33. The molecule has 0 radical (unpaired) electrons. The van der Waals surface area contributed by atoms with Crippen molar-refractivity contribution in [1.29, 1.82) is 0 Å². The van der Waals surface area contributed by atoms with Gasteiger partial charge in [-0.25, -0.2) is 9.97 Å². The van der Waals surface area contributed by atoms with E-state index in [1.807, 2.05) is 18.2 Å². The van der Waals surface area contributed by atoms with Crippen LogP contribution < -0.4 is 0 Å². The third kappa shape index (κ3) is 1.85. The van der Waals surface area contributed by atoms with Crippen molar-refractivity contribution in [2.75, 3.05) is 0 Å². The molecule has 3 rings (SSSR count). The Morgan fingerprint density at radius 1 is 1.00 bits per heavy atom. The second-order valence-electron chi connectivity index (χ2n) is 3.16. The lowest BCUT2D eigenvalue weighted by Crippen LogP contribution is -2.04. The van der Waals surface area contributed by atoms with E-state index in [2.05, 4.69) is 30.0 Å². The lowest BCUT2D eigenvalue weighted by molar-refractivity contribution is 0.795. The van der Waals surface area contributed by atoms with Crippen LogP contribution in [-0.4, -0.2) is 34.7 Å². The molecule has 0 atom stereocenters. The van der Waals surface area contributed by atoms with E-state index in [9.17, 15) is 0 Å². The summed E-state index contributed by atoms with van der Waals surface area (Å²) in [4.78, 5) is 20.4. The Hall–Kier alpha value is -2.70. The average molecular weight is 225 g/mol. The smallest absolute Gasteiger partial charge is 0.253 e. The Bertz CT molecular complexity index is 606. The van der Waals surface area contributed by atoms with Gasteiger partial charge in [-0.3, -0.25) is 4.98 Å². The van der Waals surface area contributed by atoms with Gasteiger partial charge >= 0.3 is 0 Å². The van der Waals surface area contributed by atoms with Crippen molar-refractivity contribution in [1.82, 2.24) is 34.7 Å². The van der Waals surface area contributed by atoms with E-state index in [1.165, 1.54) is 23.7 Å². The molecule has 0 aromatic carbocycles. The van der Waals surface area contributed by atoms with Crippen molar-refractivity contribution in [2.24, 2.45) is 0 Å². The molecule has 7 heteroatoms. The van der Waals surface area contributed by atoms with Crippen LogP contribution >= 0.6 is 0 Å². The lowest BCUT2D eigenvalue weighted by Gasteiger charge is -2.00. The molecule has 3 heterocycles. The van der Waals surface area contributed by atoms with Crippen molar-refractivity contribution in [2.45, 2.75) is 0 Å². The summed E-state index contributed by atoms with van der Waals surface area (Å²) in [7, 11) is 0. The first-order valence-corrected chi connectivity index (χ1v) is 4.89. The predicted molar refractivity (Wildman–Crippen MR) is 58.0 cm³/mol. The minimum absolute atomic E-state index is 0.415. The maximum Gasteiger partial charge on any atom is 0.255 e. The van der Waals surface area contributed by atoms with Gasteiger partial charge in [-0.05, 0) is 12.1 Å². The second-order valence-corrected chi connectivity index (χ2v) is 3.16. The van der Waals surface area contributed by atoms with Crippen LogP contribution in [0, 0.1) is 0 Å². The summed E-state index contributed by atoms with van der Waals surface area (Å²) in [6.45, 7) is 0. The molecule has 0 aliphatic carbocycles. The zero-order valence-electron chi connectivity index (χ0n) is 8.67. The molecular weight excluding hydrogens is 218 g/mol. The first kappa shape index (κ1) is 9.52. The van der Waals surface area contributed by atoms with Crippen LogP contribution in [0.4, 0.5) is 0 Å². The van der Waals surface area contributed by atoms with Gasteiger partial charge in [-0.15, -0.1) is 0 Å². The fraction of sp³-hybridized carbons (Fsp3) is 0. The topological polar surface area (TPSA) is 82.3 Å². The van der Waals surface area contributed by atoms with Crippen LogP contribution in [0.3, 0.4) is 0 Å². The molecule has 0 aliphatic rings. The third-order valence-corrected chi connectivity index (χ3v) is 2.08. The molecule has 0 unspecified atom stereocenters. The predicted octanol–water partition coefficient (Wildman–Crippen LogP) is 0.514. The monoisotopic (exact) mass is 225 g/mol. The van der Waals surface area contributed by atoms with Crippen molar-refractivity contribution >= 4 is 0 Å². The molecule has 0 bridgehead atoms. The van der Waals surface area contributed by atoms with Crippen molar-refractivity contribution in [3.05, 3.63) is 43.4 Å². The highest BCUT2D eigenvalue weighted by molar-refractivity contribution is 5.48. The van der Waals surface area contributed by atoms with Crippen LogP contribution in [0.5, 0.6) is 0 Å². The van der Waals surface area contributed by atoms with Crippen LogP contribution in [0.2, 0.25) is 0 Å². The van der Waals surface area contributed by atoms with E-state index in [-0.39, 0.29) is 0 Å². The average Bonchev–Trinajstić information content (AvgIpc) is 2.94. The summed E-state index contributed by atoms with van der Waals surface area (Å²) in [6.07, 6.45) is 6.06. The van der Waals surface area contributed by atoms with Crippen molar-refractivity contribution in [3.8, 4) is 17.5 Å². The molecular formula is C10H7N7. The number of hydrogen-bond acceptors (Lipinski definition) is 6. The maximum absolute atomic E-state index is 4.26. The Labute approximate surface area is 96.3 Å². The number of nitrogens with zero attached hydrogens (tertiary/aromatic N) is 7. The normalized spacial score (nSPS) is 10.4. The molecule has 0 amide bonds. The molecule has 0 saturated carbocycles. The van der Waals surface area contributed by atoms with Crippen molar-refractivity contribution < 1.29 is 0 Å². The van der Waals surface area contributed by atoms with Crippen LogP contribution in [0.15, 0.2) is 43.4 Å². The summed E-state index contributed by atoms with van der Waals surface area (Å²) in [5.74, 6) is 0.921. The van der Waals surface area contributed by atoms with Gasteiger partial charge in [0.25, 0.3) is 5.95 Å². The van der Waals surface area contributed by atoms with E-state index < -0.39 is 0 Å². The number of hydrogen-bond donors (Lipinski definition) is 0. The van der Waals surface area contributed by atoms with Gasteiger partial charge in [0.2, 0.25) is 0 Å². The highest BCUT2D eigenvalue weighted by atomic mass is 15.4. The molecule has 0 aliphatic heterocycles. The molecule has 0 fully saturated rings. The minimum atomic E-state index is 0.415. The second kappa shape index (κ2) is 4.05. The van der Waals surface area contributed by atoms with Gasteiger partial charge in [0.05, 0.1) is 0 Å². The first-order valence-electron chi connectivity index (χ1n) is 4.89. The SMILES string of the molecule is c1ccc(-c2ncnc(-n3cncn3)n2)nc1. The minimum Gasteiger partial charge on any atom is -0.253 e. The highest BCUT2D eigenvalue weighted by Gasteiger charge is 2.05. The van der Waals surface area contributed by atoms with E-state index in [1.54, 1.807) is 6.20 Å². The van der Waals surface area contributed by atoms with Gasteiger partial charge in [0.15, 0.2) is 5.82 Å². The van der Waals surface area contributed by atoms with Gasteiger partial charge < -0.3 is 0 Å². The van der Waals surface area contributed by atoms with Gasteiger partial charge in [-0.1, -0.05) is 6.07 Å². The molecule has 17 heavy (non-hydrogen) atoms. The standard InChI is InChI=1S/C10H7N7/c1-2-4-12-8(3-1)9-13-6-14-10(16-9)17-7-11-5-15-17/h1-7H. The summed E-state index contributed by atoms with van der Waals surface area (Å²) in [5.41, 5.74) is 0.691. The zero-order valence-corrected chi connectivity index (χ0v) is 8.67. The van der Waals surface area contributed by atoms with Crippen LogP contribution in [-0.2, 0) is 0 Å². The quantitative estimate of drug-likeness (QED) is 0.632. The Balaban J connectivity index is 2.06. The Morgan fingerprint density at radius 3 is 2.76 bits per heavy atom. The number of pyridine rings is 1. The fourth-order valence-corrected chi connectivity index (χ4v) is 1.33. The lowest BCUT2D eigenvalue weighted by atomic mass is 10.3. The van der Waals surface area contributed by atoms with Crippen molar-refractivity contribution in [3.63, 3.8) is 0 Å². The summed E-state index contributed by atoms with van der Waals surface area (Å²) < 4.78 is 1.47. The molecule has 0 spiro atoms. The van der Waals surface area contributed by atoms with E-state index >= 15 is 0 Å². The molecule has 0 N–H and O–H groups in total. The van der Waals surface area contributed by atoms with Crippen LogP contribution in [0.1, 0.15) is 0 Å². The Kier molecular flexibility index (Phi) is 2.27. The van der Waals surface area contributed by atoms with E-state index in [0.29, 0.717) is 17.5 Å². The van der Waals surface area contributed by atoms with E-state index in [0.717, 1.165) is 0 Å². The Morgan fingerprint density at radius 2 is 2.00 bits per heavy atom. The molecule has 82 valence electrons. The molecule has 3 aromatic rings. The summed E-state index contributed by atoms with van der Waals surface area (Å²) >= 11 is 0. The summed E-state index contributed by atoms with van der Waals surface area (Å²) in [6, 6.07) is 5.55. The van der Waals surface area contributed by atoms with E-state index in [4.69, 9.17) is 0 Å². The van der Waals surface area contributed by atoms with Gasteiger partial charge in [-0.2, -0.15) is 19.7 Å². The number of rotatable bonds is 2. The number of aromatic nitrogens is 7. The molecule has 0 saturated heterocycles. The first-order chi connectivity index (χ1) is 8.43. The molecule has 7 nitrogen and oxygen atoms in total. The highest BCUT2D eigenvalue weighted by Crippen LogP contribution is 2.10.